The Hall–Kier alpha value is -1.95. The van der Waals surface area contributed by atoms with Crippen LogP contribution in [0.3, 0.4) is 0 Å². The van der Waals surface area contributed by atoms with Gasteiger partial charge in [0.15, 0.2) is 11.5 Å². The van der Waals surface area contributed by atoms with Crippen LogP contribution in [-0.2, 0) is 0 Å². The molecule has 1 heterocycles. The third kappa shape index (κ3) is 2.63. The number of likely N-dealkylation sites (N-methyl/N-ethyl adjacent to an activating group) is 1. The van der Waals surface area contributed by atoms with Crippen LogP contribution in [0.2, 0.25) is 0 Å². The molecule has 1 fully saturated rings. The molecule has 6 nitrogen and oxygen atoms in total. The number of hydrogen-bond donors (Lipinski definition) is 2. The molecule has 0 spiro atoms. The first-order chi connectivity index (χ1) is 9.98. The van der Waals surface area contributed by atoms with Crippen LogP contribution < -0.4 is 15.2 Å². The van der Waals surface area contributed by atoms with Gasteiger partial charge < -0.3 is 25.2 Å². The molecule has 1 aliphatic carbocycles. The van der Waals surface area contributed by atoms with Gasteiger partial charge in [-0.2, -0.15) is 0 Å². The van der Waals surface area contributed by atoms with Gasteiger partial charge in [0.05, 0.1) is 11.2 Å². The summed E-state index contributed by atoms with van der Waals surface area (Å²) < 4.78 is 10.5. The number of anilines is 1. The van der Waals surface area contributed by atoms with Crippen LogP contribution in [0.25, 0.3) is 0 Å². The molecule has 3 N–H and O–H groups in total. The van der Waals surface area contributed by atoms with Crippen molar-refractivity contribution < 1.29 is 19.4 Å². The van der Waals surface area contributed by atoms with Gasteiger partial charge in [0, 0.05) is 25.3 Å². The number of nitrogen functional groups attached to an aromatic ring is 1. The highest BCUT2D eigenvalue weighted by Gasteiger charge is 2.34. The van der Waals surface area contributed by atoms with Crippen LogP contribution in [0, 0.1) is 0 Å². The summed E-state index contributed by atoms with van der Waals surface area (Å²) in [5.41, 5.74) is 5.89. The number of ether oxygens (including phenoxy) is 2. The summed E-state index contributed by atoms with van der Waals surface area (Å²) >= 11 is 0. The molecule has 1 saturated carbocycles. The van der Waals surface area contributed by atoms with Crippen molar-refractivity contribution >= 4 is 11.6 Å². The van der Waals surface area contributed by atoms with E-state index in [1.54, 1.807) is 19.2 Å². The van der Waals surface area contributed by atoms with Crippen molar-refractivity contribution in [3.63, 3.8) is 0 Å². The minimum Gasteiger partial charge on any atom is -0.454 e. The molecular weight excluding hydrogens is 272 g/mol. The molecule has 0 atom stereocenters. The fourth-order valence-corrected chi connectivity index (χ4v) is 3.05. The molecule has 0 saturated heterocycles. The zero-order valence-corrected chi connectivity index (χ0v) is 12.1. The monoisotopic (exact) mass is 292 g/mol. The number of hydrogen-bond acceptors (Lipinski definition) is 5. The second kappa shape index (κ2) is 5.11. The highest BCUT2D eigenvalue weighted by atomic mass is 16.7. The molecule has 0 aromatic heterocycles. The summed E-state index contributed by atoms with van der Waals surface area (Å²) in [6.07, 6.45) is 3.48. The van der Waals surface area contributed by atoms with Crippen LogP contribution in [0.15, 0.2) is 12.1 Å². The Bertz CT molecular complexity index is 567. The lowest BCUT2D eigenvalue weighted by Gasteiger charge is -2.29. The molecule has 2 aliphatic rings. The Labute approximate surface area is 123 Å². The summed E-state index contributed by atoms with van der Waals surface area (Å²) in [5, 5.41) is 10.4. The van der Waals surface area contributed by atoms with Crippen molar-refractivity contribution in [3.05, 3.63) is 17.7 Å². The number of benzene rings is 1. The highest BCUT2D eigenvalue weighted by molar-refractivity contribution is 6.00. The second-order valence-corrected chi connectivity index (χ2v) is 5.89. The average molecular weight is 292 g/mol. The van der Waals surface area contributed by atoms with Crippen LogP contribution in [0.4, 0.5) is 5.69 Å². The van der Waals surface area contributed by atoms with E-state index in [9.17, 15) is 9.90 Å². The number of amides is 1. The fraction of sp³-hybridized carbons (Fsp3) is 0.533. The number of carbonyl (C=O) groups is 1. The van der Waals surface area contributed by atoms with Crippen molar-refractivity contribution in [1.82, 2.24) is 4.90 Å². The number of nitrogens with zero attached hydrogens (tertiary/aromatic N) is 1. The average Bonchev–Trinajstić information content (AvgIpc) is 3.05. The standard InChI is InChI=1S/C15H20N2O4/c1-17(8-15(19)4-2-3-5-15)14(18)10-6-12-13(7-11(10)16)21-9-20-12/h6-7,19H,2-5,8-9,16H2,1H3. The Morgan fingerprint density at radius 2 is 1.95 bits per heavy atom. The fourth-order valence-electron chi connectivity index (χ4n) is 3.05. The van der Waals surface area contributed by atoms with Crippen molar-refractivity contribution in [2.45, 2.75) is 31.3 Å². The van der Waals surface area contributed by atoms with E-state index in [0.29, 0.717) is 29.3 Å². The van der Waals surface area contributed by atoms with Crippen molar-refractivity contribution in [2.24, 2.45) is 0 Å². The summed E-state index contributed by atoms with van der Waals surface area (Å²) in [7, 11) is 1.68. The number of carbonyl (C=O) groups excluding carboxylic acids is 1. The first kappa shape index (κ1) is 14.0. The molecule has 1 aromatic rings. The van der Waals surface area contributed by atoms with E-state index < -0.39 is 5.60 Å². The van der Waals surface area contributed by atoms with Crippen molar-refractivity contribution in [1.29, 1.82) is 0 Å². The van der Waals surface area contributed by atoms with Crippen molar-refractivity contribution in [2.75, 3.05) is 26.1 Å². The zero-order valence-electron chi connectivity index (χ0n) is 12.1. The number of rotatable bonds is 3. The lowest BCUT2D eigenvalue weighted by Crippen LogP contribution is -2.42. The smallest absolute Gasteiger partial charge is 0.255 e. The van der Waals surface area contributed by atoms with Gasteiger partial charge in [-0.25, -0.2) is 0 Å². The van der Waals surface area contributed by atoms with Gasteiger partial charge in [0.2, 0.25) is 6.79 Å². The maximum atomic E-state index is 12.5. The molecule has 114 valence electrons. The van der Waals surface area contributed by atoms with E-state index in [0.717, 1.165) is 25.7 Å². The highest BCUT2D eigenvalue weighted by Crippen LogP contribution is 2.36. The second-order valence-electron chi connectivity index (χ2n) is 5.89. The van der Waals surface area contributed by atoms with Crippen molar-refractivity contribution in [3.8, 4) is 11.5 Å². The normalized spacial score (nSPS) is 18.8. The van der Waals surface area contributed by atoms with Crippen LogP contribution in [-0.4, -0.2) is 41.9 Å². The van der Waals surface area contributed by atoms with Crippen LogP contribution in [0.1, 0.15) is 36.0 Å². The largest absolute Gasteiger partial charge is 0.454 e. The van der Waals surface area contributed by atoms with Gasteiger partial charge in [-0.3, -0.25) is 4.79 Å². The van der Waals surface area contributed by atoms with E-state index in [1.165, 1.54) is 4.90 Å². The molecule has 3 rings (SSSR count). The predicted octanol–water partition coefficient (Wildman–Crippen LogP) is 1.37. The molecular formula is C15H20N2O4. The summed E-state index contributed by atoms with van der Waals surface area (Å²) in [5.74, 6) is 0.868. The molecule has 6 heteroatoms. The SMILES string of the molecule is CN(CC1(O)CCCC1)C(=O)c1cc2c(cc1N)OCO2. The molecule has 21 heavy (non-hydrogen) atoms. The Balaban J connectivity index is 1.78. The Kier molecular flexibility index (Phi) is 3.41. The number of aliphatic hydroxyl groups is 1. The van der Waals surface area contributed by atoms with Gasteiger partial charge in [-0.15, -0.1) is 0 Å². The van der Waals surface area contributed by atoms with Crippen LogP contribution in [0.5, 0.6) is 11.5 Å². The quantitative estimate of drug-likeness (QED) is 0.822. The molecule has 0 unspecified atom stereocenters. The van der Waals surface area contributed by atoms with Gasteiger partial charge in [0.25, 0.3) is 5.91 Å². The summed E-state index contributed by atoms with van der Waals surface area (Å²) in [6, 6.07) is 3.21. The third-order valence-corrected chi connectivity index (χ3v) is 4.19. The summed E-state index contributed by atoms with van der Waals surface area (Å²) in [4.78, 5) is 14.1. The number of nitrogens with two attached hydrogens (primary N) is 1. The topological polar surface area (TPSA) is 85.0 Å². The lowest BCUT2D eigenvalue weighted by molar-refractivity contribution is 0.0157. The van der Waals surface area contributed by atoms with Crippen LogP contribution >= 0.6 is 0 Å². The zero-order chi connectivity index (χ0) is 15.0. The predicted molar refractivity (Wildman–Crippen MR) is 77.4 cm³/mol. The molecule has 0 radical (unpaired) electrons. The van der Waals surface area contributed by atoms with E-state index in [1.807, 2.05) is 0 Å². The molecule has 1 amide bonds. The molecule has 0 bridgehead atoms. The number of fused-ring (bicyclic) bond motifs is 1. The first-order valence-corrected chi connectivity index (χ1v) is 7.15. The Morgan fingerprint density at radius 1 is 1.33 bits per heavy atom. The lowest BCUT2D eigenvalue weighted by atomic mass is 10.0. The van der Waals surface area contributed by atoms with Gasteiger partial charge in [0.1, 0.15) is 0 Å². The summed E-state index contributed by atoms with van der Waals surface area (Å²) in [6.45, 7) is 0.460. The van der Waals surface area contributed by atoms with E-state index >= 15 is 0 Å². The minimum atomic E-state index is -0.768. The van der Waals surface area contributed by atoms with Gasteiger partial charge in [-0.05, 0) is 18.9 Å². The van der Waals surface area contributed by atoms with E-state index in [2.05, 4.69) is 0 Å². The molecule has 1 aromatic carbocycles. The van der Waals surface area contributed by atoms with Gasteiger partial charge >= 0.3 is 0 Å². The Morgan fingerprint density at radius 3 is 2.62 bits per heavy atom. The third-order valence-electron chi connectivity index (χ3n) is 4.19. The van der Waals surface area contributed by atoms with Gasteiger partial charge in [-0.1, -0.05) is 12.8 Å². The minimum absolute atomic E-state index is 0.141. The molecule has 1 aliphatic heterocycles. The van der Waals surface area contributed by atoms with E-state index in [4.69, 9.17) is 15.2 Å². The maximum Gasteiger partial charge on any atom is 0.255 e. The van der Waals surface area contributed by atoms with E-state index in [-0.39, 0.29) is 12.7 Å². The maximum absolute atomic E-state index is 12.5. The first-order valence-electron chi connectivity index (χ1n) is 7.15.